The number of amides is 1. The van der Waals surface area contributed by atoms with Crippen molar-refractivity contribution in [1.82, 2.24) is 9.88 Å². The van der Waals surface area contributed by atoms with Crippen LogP contribution in [0.2, 0.25) is 0 Å². The highest BCUT2D eigenvalue weighted by Gasteiger charge is 2.34. The molecule has 39 heavy (non-hydrogen) atoms. The average molecular weight is 557 g/mol. The third-order valence-electron chi connectivity index (χ3n) is 4.78. The Morgan fingerprint density at radius 3 is 1.92 bits per heavy atom. The number of pyridine rings is 1. The molecule has 1 N–H and O–H groups in total. The molecule has 2 aromatic rings. The second-order valence-electron chi connectivity index (χ2n) is 10.3. The molecule has 1 heterocycles. The van der Waals surface area contributed by atoms with Gasteiger partial charge in [-0.2, -0.15) is 13.2 Å². The molecule has 220 valence electrons. The van der Waals surface area contributed by atoms with Crippen molar-refractivity contribution in [3.05, 3.63) is 57.5 Å². The highest BCUT2D eigenvalue weighted by atomic mass is 19.4. The normalized spacial score (nSPS) is 11.9. The summed E-state index contributed by atoms with van der Waals surface area (Å²) in [6.45, 7) is 17.0. The molecule has 0 radical (unpaired) electrons. The van der Waals surface area contributed by atoms with Crippen LogP contribution in [0.25, 0.3) is 11.1 Å². The summed E-state index contributed by atoms with van der Waals surface area (Å²) in [5.74, 6) is 0.164. The van der Waals surface area contributed by atoms with Gasteiger partial charge in [0.05, 0.1) is 12.7 Å². The number of hydrogen-bond donors (Lipinski definition) is 1. The van der Waals surface area contributed by atoms with Crippen LogP contribution in [0, 0.1) is 12.8 Å². The molecule has 1 amide bonds. The first-order chi connectivity index (χ1) is 17.9. The van der Waals surface area contributed by atoms with E-state index in [2.05, 4.69) is 26.1 Å². The van der Waals surface area contributed by atoms with Gasteiger partial charge in [0, 0.05) is 13.5 Å². The number of esters is 1. The van der Waals surface area contributed by atoms with E-state index in [1.807, 2.05) is 13.8 Å². The van der Waals surface area contributed by atoms with Crippen molar-refractivity contribution in [3.63, 3.8) is 0 Å². The zero-order chi connectivity index (χ0) is 30.7. The van der Waals surface area contributed by atoms with E-state index in [0.29, 0.717) is 15.7 Å². The van der Waals surface area contributed by atoms with Crippen LogP contribution in [0.4, 0.5) is 18.0 Å². The minimum atomic E-state index is -4.65. The molecular formula is C29H43F3N2O5. The van der Waals surface area contributed by atoms with Crippen LogP contribution in [-0.4, -0.2) is 35.4 Å². The average Bonchev–Trinajstić information content (AvgIpc) is 2.80. The molecule has 10 heteroatoms. The Labute approximate surface area is 229 Å². The van der Waals surface area contributed by atoms with Crippen molar-refractivity contribution in [2.45, 2.75) is 86.6 Å². The first kappa shape index (κ1) is 35.7. The number of nitrogens with zero attached hydrogens (tertiary/aromatic N) is 1. The molecule has 0 aliphatic rings. The van der Waals surface area contributed by atoms with Gasteiger partial charge in [-0.15, -0.1) is 0 Å². The SMILES string of the molecule is CC.CC(C)C.COC(=O)[C@H](Cc1ccc(-c2c(C)cc(C(F)(F)F)n(C)c2=O)cc1)NC(=O)OC(C)(C)C. The monoisotopic (exact) mass is 556 g/mol. The number of benzene rings is 1. The molecule has 1 atom stereocenters. The molecular weight excluding hydrogens is 513 g/mol. The Morgan fingerprint density at radius 1 is 1.03 bits per heavy atom. The number of nitrogens with one attached hydrogen (secondary N) is 1. The highest BCUT2D eigenvalue weighted by Crippen LogP contribution is 2.31. The Morgan fingerprint density at radius 2 is 1.51 bits per heavy atom. The summed E-state index contributed by atoms with van der Waals surface area (Å²) in [5.41, 5.74) is -1.15. The lowest BCUT2D eigenvalue weighted by Crippen LogP contribution is -2.45. The summed E-state index contributed by atoms with van der Waals surface area (Å²) < 4.78 is 50.0. The zero-order valence-corrected chi connectivity index (χ0v) is 24.9. The molecule has 0 fully saturated rings. The number of alkyl carbamates (subject to hydrolysis) is 1. The van der Waals surface area contributed by atoms with Gasteiger partial charge in [0.25, 0.3) is 5.56 Å². The van der Waals surface area contributed by atoms with E-state index in [-0.39, 0.29) is 17.5 Å². The second-order valence-corrected chi connectivity index (χ2v) is 10.3. The number of rotatable bonds is 5. The number of ether oxygens (including phenoxy) is 2. The van der Waals surface area contributed by atoms with Crippen molar-refractivity contribution in [3.8, 4) is 11.1 Å². The quantitative estimate of drug-likeness (QED) is 0.416. The van der Waals surface area contributed by atoms with Crippen LogP contribution in [0.5, 0.6) is 0 Å². The van der Waals surface area contributed by atoms with Gasteiger partial charge in [-0.3, -0.25) is 4.79 Å². The van der Waals surface area contributed by atoms with Gasteiger partial charge in [0.2, 0.25) is 0 Å². The third kappa shape index (κ3) is 12.0. The summed E-state index contributed by atoms with van der Waals surface area (Å²) in [4.78, 5) is 36.8. The van der Waals surface area contributed by atoms with Crippen LogP contribution in [-0.2, 0) is 33.9 Å². The number of halogens is 3. The van der Waals surface area contributed by atoms with E-state index in [1.54, 1.807) is 45.0 Å². The summed E-state index contributed by atoms with van der Waals surface area (Å²) in [5, 5.41) is 2.47. The number of methoxy groups -OCH3 is 1. The van der Waals surface area contributed by atoms with E-state index in [0.717, 1.165) is 19.0 Å². The molecule has 2 rings (SSSR count). The van der Waals surface area contributed by atoms with Gasteiger partial charge >= 0.3 is 18.2 Å². The molecule has 0 saturated carbocycles. The molecule has 0 bridgehead atoms. The standard InChI is InChI=1S/C23H27F3N2O5.C4H10.C2H6/c1-13-11-17(23(24,25)26)28(5)19(29)18(13)15-9-7-14(8-10-15)12-16(20(30)32-6)27-21(31)33-22(2,3)4;1-4(2)3;1-2/h7-11,16H,12H2,1-6H3,(H,27,31);4H,1-3H3;1-2H3/t16-;;/m0../s1. The molecule has 0 unspecified atom stereocenters. The lowest BCUT2D eigenvalue weighted by Gasteiger charge is -2.22. The fourth-order valence-electron chi connectivity index (χ4n) is 3.27. The fraction of sp³-hybridized carbons (Fsp3) is 0.552. The summed E-state index contributed by atoms with van der Waals surface area (Å²) >= 11 is 0. The van der Waals surface area contributed by atoms with Crippen LogP contribution in [0.1, 0.15) is 72.2 Å². The van der Waals surface area contributed by atoms with E-state index < -0.39 is 41.1 Å². The molecule has 0 aliphatic heterocycles. The summed E-state index contributed by atoms with van der Waals surface area (Å²) in [6.07, 6.45) is -5.35. The Hall–Kier alpha value is -3.30. The highest BCUT2D eigenvalue weighted by molar-refractivity contribution is 5.81. The minimum Gasteiger partial charge on any atom is -0.467 e. The molecule has 0 spiro atoms. The first-order valence-electron chi connectivity index (χ1n) is 12.8. The van der Waals surface area contributed by atoms with Crippen molar-refractivity contribution in [2.24, 2.45) is 13.0 Å². The van der Waals surface area contributed by atoms with Crippen LogP contribution < -0.4 is 10.9 Å². The third-order valence-corrected chi connectivity index (χ3v) is 4.78. The van der Waals surface area contributed by atoms with E-state index in [1.165, 1.54) is 14.0 Å². The number of alkyl halides is 3. The zero-order valence-electron chi connectivity index (χ0n) is 24.9. The van der Waals surface area contributed by atoms with Gasteiger partial charge in [-0.25, -0.2) is 9.59 Å². The van der Waals surface area contributed by atoms with Gasteiger partial charge in [-0.1, -0.05) is 58.9 Å². The topological polar surface area (TPSA) is 86.6 Å². The maximum atomic E-state index is 13.2. The predicted molar refractivity (Wildman–Crippen MR) is 148 cm³/mol. The molecule has 1 aromatic heterocycles. The van der Waals surface area contributed by atoms with Crippen molar-refractivity contribution in [1.29, 1.82) is 0 Å². The summed E-state index contributed by atoms with van der Waals surface area (Å²) in [6, 6.07) is 6.32. The Balaban J connectivity index is 0.00000220. The van der Waals surface area contributed by atoms with Gasteiger partial charge < -0.3 is 19.4 Å². The van der Waals surface area contributed by atoms with Crippen molar-refractivity contribution in [2.75, 3.05) is 7.11 Å². The maximum absolute atomic E-state index is 13.2. The fourth-order valence-corrected chi connectivity index (χ4v) is 3.27. The number of hydrogen-bond acceptors (Lipinski definition) is 5. The number of carbonyl (C=O) groups is 2. The lowest BCUT2D eigenvalue weighted by atomic mass is 9.98. The Kier molecular flexibility index (Phi) is 14.0. The number of aromatic nitrogens is 1. The van der Waals surface area contributed by atoms with Crippen LogP contribution >= 0.6 is 0 Å². The predicted octanol–water partition coefficient (Wildman–Crippen LogP) is 6.68. The second kappa shape index (κ2) is 15.3. The lowest BCUT2D eigenvalue weighted by molar-refractivity contribution is -0.144. The molecule has 7 nitrogen and oxygen atoms in total. The van der Waals surface area contributed by atoms with Gasteiger partial charge in [-0.05, 0) is 56.4 Å². The molecule has 0 saturated heterocycles. The van der Waals surface area contributed by atoms with E-state index >= 15 is 0 Å². The maximum Gasteiger partial charge on any atom is 0.431 e. The van der Waals surface area contributed by atoms with Crippen LogP contribution in [0.15, 0.2) is 35.1 Å². The largest absolute Gasteiger partial charge is 0.467 e. The van der Waals surface area contributed by atoms with Crippen molar-refractivity contribution >= 4 is 12.1 Å². The van der Waals surface area contributed by atoms with Gasteiger partial charge in [0.15, 0.2) is 0 Å². The number of carbonyl (C=O) groups excluding carboxylic acids is 2. The smallest absolute Gasteiger partial charge is 0.431 e. The van der Waals surface area contributed by atoms with E-state index in [9.17, 15) is 27.6 Å². The Bertz CT molecular complexity index is 1130. The molecule has 0 aliphatic carbocycles. The first-order valence-corrected chi connectivity index (χ1v) is 12.8. The minimum absolute atomic E-state index is 0.0796. The van der Waals surface area contributed by atoms with Crippen molar-refractivity contribution < 1.29 is 32.2 Å². The number of aryl methyl sites for hydroxylation is 1. The van der Waals surface area contributed by atoms with Gasteiger partial charge in [0.1, 0.15) is 17.3 Å². The van der Waals surface area contributed by atoms with Crippen LogP contribution in [0.3, 0.4) is 0 Å². The van der Waals surface area contributed by atoms with E-state index in [4.69, 9.17) is 9.47 Å². The molecule has 1 aromatic carbocycles. The summed E-state index contributed by atoms with van der Waals surface area (Å²) in [7, 11) is 2.27.